The molecule has 1 saturated heterocycles. The van der Waals surface area contributed by atoms with Crippen LogP contribution in [-0.4, -0.2) is 38.1 Å². The lowest BCUT2D eigenvalue weighted by atomic mass is 10.4. The minimum absolute atomic E-state index is 0.771. The van der Waals surface area contributed by atoms with Gasteiger partial charge in [0.15, 0.2) is 0 Å². The van der Waals surface area contributed by atoms with E-state index in [1.807, 2.05) is 4.90 Å². The molecule has 0 atom stereocenters. The maximum atomic E-state index is 7.04. The van der Waals surface area contributed by atoms with E-state index >= 15 is 0 Å². The summed E-state index contributed by atoms with van der Waals surface area (Å²) in [5, 5.41) is 3.16. The number of nitrogens with zero attached hydrogens (tertiary/aromatic N) is 1. The zero-order valence-corrected chi connectivity index (χ0v) is 4.35. The molecule has 0 aromatic rings. The summed E-state index contributed by atoms with van der Waals surface area (Å²) in [6, 6.07) is 0. The third-order valence-electron chi connectivity index (χ3n) is 1.15. The van der Waals surface area contributed by atoms with Gasteiger partial charge in [-0.15, -0.1) is 0 Å². The summed E-state index contributed by atoms with van der Waals surface area (Å²) in [4.78, 5) is 1.83. The molecule has 2 heteroatoms. The largest absolute Gasteiger partial charge is 0.314 e. The van der Waals surface area contributed by atoms with Crippen molar-refractivity contribution in [3.05, 3.63) is 0 Å². The van der Waals surface area contributed by atoms with Gasteiger partial charge in [0.1, 0.15) is 0 Å². The molecular formula is C5H12N2. The van der Waals surface area contributed by atoms with E-state index < -0.39 is 7.00 Å². The zero-order valence-electron chi connectivity index (χ0n) is 6.35. The van der Waals surface area contributed by atoms with Crippen molar-refractivity contribution in [3.63, 3.8) is 0 Å². The van der Waals surface area contributed by atoms with E-state index in [0.717, 1.165) is 26.2 Å². The standard InChI is InChI=1S/C5H12N2/c1-7-4-2-6-3-5-7/h6H,2-5H2,1H3/i1D2. The van der Waals surface area contributed by atoms with Gasteiger partial charge in [-0.1, -0.05) is 0 Å². The van der Waals surface area contributed by atoms with Gasteiger partial charge in [0, 0.05) is 28.9 Å². The minimum atomic E-state index is -0.771. The molecule has 0 saturated carbocycles. The molecule has 1 fully saturated rings. The van der Waals surface area contributed by atoms with Crippen LogP contribution in [0.2, 0.25) is 0 Å². The normalized spacial score (nSPS) is 29.9. The molecular weight excluding hydrogens is 88.1 g/mol. The van der Waals surface area contributed by atoms with Gasteiger partial charge in [0.05, 0.1) is 0 Å². The van der Waals surface area contributed by atoms with Gasteiger partial charge < -0.3 is 10.2 Å². The average molecular weight is 102 g/mol. The van der Waals surface area contributed by atoms with Crippen molar-refractivity contribution < 1.29 is 2.74 Å². The second-order valence-corrected chi connectivity index (χ2v) is 1.79. The SMILES string of the molecule is [2H]C([2H])N1CCNCC1. The summed E-state index contributed by atoms with van der Waals surface area (Å²) in [6.45, 7) is 2.77. The van der Waals surface area contributed by atoms with Gasteiger partial charge in [-0.3, -0.25) is 0 Å². The van der Waals surface area contributed by atoms with Crippen LogP contribution in [0, 0.1) is 0 Å². The number of piperazine rings is 1. The van der Waals surface area contributed by atoms with Crippen molar-refractivity contribution in [1.29, 1.82) is 0 Å². The number of rotatable bonds is 0. The van der Waals surface area contributed by atoms with E-state index in [4.69, 9.17) is 2.74 Å². The molecule has 0 aliphatic carbocycles. The van der Waals surface area contributed by atoms with Crippen LogP contribution in [-0.2, 0) is 0 Å². The Hall–Kier alpha value is -0.0800. The summed E-state index contributed by atoms with van der Waals surface area (Å²) in [7, 11) is 0. The Morgan fingerprint density at radius 3 is 2.71 bits per heavy atom. The first-order chi connectivity index (χ1) is 4.30. The lowest BCUT2D eigenvalue weighted by molar-refractivity contribution is 0.291. The van der Waals surface area contributed by atoms with Crippen LogP contribution in [0.15, 0.2) is 0 Å². The summed E-state index contributed by atoms with van der Waals surface area (Å²) in [6.07, 6.45) is 0. The summed E-state index contributed by atoms with van der Waals surface area (Å²) in [5.74, 6) is 0. The molecule has 1 aliphatic rings. The molecule has 1 heterocycles. The molecule has 42 valence electrons. The van der Waals surface area contributed by atoms with Crippen molar-refractivity contribution in [2.45, 2.75) is 0 Å². The second-order valence-electron chi connectivity index (χ2n) is 1.79. The fourth-order valence-electron chi connectivity index (χ4n) is 0.682. The van der Waals surface area contributed by atoms with Gasteiger partial charge >= 0.3 is 0 Å². The van der Waals surface area contributed by atoms with Crippen LogP contribution >= 0.6 is 0 Å². The van der Waals surface area contributed by atoms with Crippen molar-refractivity contribution in [2.75, 3.05) is 33.2 Å². The van der Waals surface area contributed by atoms with Crippen LogP contribution in [0.4, 0.5) is 0 Å². The molecule has 0 bridgehead atoms. The Balaban J connectivity index is 2.23. The van der Waals surface area contributed by atoms with Gasteiger partial charge in [-0.25, -0.2) is 0 Å². The van der Waals surface area contributed by atoms with Gasteiger partial charge in [-0.05, 0) is 7.00 Å². The van der Waals surface area contributed by atoms with E-state index in [-0.39, 0.29) is 0 Å². The van der Waals surface area contributed by atoms with Crippen molar-refractivity contribution in [3.8, 4) is 0 Å². The Labute approximate surface area is 47.3 Å². The van der Waals surface area contributed by atoms with E-state index in [0.29, 0.717) is 0 Å². The molecule has 1 aliphatic heterocycles. The highest BCUT2D eigenvalue weighted by atomic mass is 15.2. The van der Waals surface area contributed by atoms with E-state index in [1.165, 1.54) is 0 Å². The molecule has 0 radical (unpaired) electrons. The Morgan fingerprint density at radius 2 is 2.29 bits per heavy atom. The lowest BCUT2D eigenvalue weighted by Crippen LogP contribution is -2.40. The van der Waals surface area contributed by atoms with E-state index in [9.17, 15) is 0 Å². The summed E-state index contributed by atoms with van der Waals surface area (Å²) < 4.78 is 14.1. The average Bonchev–Trinajstić information content (AvgIpc) is 1.90. The molecule has 0 unspecified atom stereocenters. The molecule has 1 N–H and O–H groups in total. The number of likely N-dealkylation sites (N-methyl/N-ethyl adjacent to an activating group) is 1. The highest BCUT2D eigenvalue weighted by Gasteiger charge is 2.01. The van der Waals surface area contributed by atoms with E-state index in [2.05, 4.69) is 5.32 Å². The molecule has 0 aromatic heterocycles. The third kappa shape index (κ3) is 1.45. The maximum absolute atomic E-state index is 7.04. The monoisotopic (exact) mass is 102 g/mol. The van der Waals surface area contributed by atoms with Crippen molar-refractivity contribution >= 4 is 0 Å². The number of nitrogens with one attached hydrogen (secondary N) is 1. The number of hydrogen-bond acceptors (Lipinski definition) is 2. The van der Waals surface area contributed by atoms with Gasteiger partial charge in [-0.2, -0.15) is 0 Å². The van der Waals surface area contributed by atoms with Gasteiger partial charge in [0.25, 0.3) is 0 Å². The molecule has 0 spiro atoms. The van der Waals surface area contributed by atoms with Crippen molar-refractivity contribution in [1.82, 2.24) is 10.2 Å². The lowest BCUT2D eigenvalue weighted by Gasteiger charge is -2.21. The van der Waals surface area contributed by atoms with Crippen LogP contribution in [0.25, 0.3) is 0 Å². The highest BCUT2D eigenvalue weighted by Crippen LogP contribution is 1.82. The smallest absolute Gasteiger partial charge is 0.0394 e. The van der Waals surface area contributed by atoms with Crippen LogP contribution in [0.1, 0.15) is 2.74 Å². The fraction of sp³-hybridized carbons (Fsp3) is 1.00. The predicted octanol–water partition coefficient (Wildman–Crippen LogP) is -0.479. The first-order valence-corrected chi connectivity index (χ1v) is 2.60. The summed E-state index contributed by atoms with van der Waals surface area (Å²) >= 11 is 0. The zero-order chi connectivity index (χ0) is 6.69. The molecule has 0 amide bonds. The molecule has 2 nitrogen and oxygen atoms in total. The molecule has 7 heavy (non-hydrogen) atoms. The Morgan fingerprint density at radius 1 is 1.57 bits per heavy atom. The quantitative estimate of drug-likeness (QED) is 0.444. The van der Waals surface area contributed by atoms with Crippen molar-refractivity contribution in [2.24, 2.45) is 0 Å². The first kappa shape index (κ1) is 3.05. The minimum Gasteiger partial charge on any atom is -0.314 e. The maximum Gasteiger partial charge on any atom is 0.0394 e. The molecule has 0 aromatic carbocycles. The summed E-state index contributed by atoms with van der Waals surface area (Å²) in [5.41, 5.74) is 0. The van der Waals surface area contributed by atoms with Gasteiger partial charge in [0.2, 0.25) is 0 Å². The van der Waals surface area contributed by atoms with Crippen LogP contribution < -0.4 is 5.32 Å². The number of hydrogen-bond donors (Lipinski definition) is 1. The molecule has 1 rings (SSSR count). The Bertz CT molecular complexity index is 81.0. The predicted molar refractivity (Wildman–Crippen MR) is 30.4 cm³/mol. The topological polar surface area (TPSA) is 15.3 Å². The highest BCUT2D eigenvalue weighted by molar-refractivity contribution is 4.62. The first-order valence-electron chi connectivity index (χ1n) is 3.75. The van der Waals surface area contributed by atoms with Crippen LogP contribution in [0.3, 0.4) is 0 Å². The second kappa shape index (κ2) is 2.28. The fourth-order valence-corrected chi connectivity index (χ4v) is 0.682. The van der Waals surface area contributed by atoms with Crippen LogP contribution in [0.5, 0.6) is 0 Å². The Kier molecular flexibility index (Phi) is 0.995. The van der Waals surface area contributed by atoms with E-state index in [1.54, 1.807) is 0 Å². The third-order valence-corrected chi connectivity index (χ3v) is 1.15.